The number of aromatic nitrogens is 4. The van der Waals surface area contributed by atoms with E-state index in [0.29, 0.717) is 12.2 Å². The molecule has 1 N–H and O–H groups in total. The van der Waals surface area contributed by atoms with Gasteiger partial charge in [-0.2, -0.15) is 0 Å². The molecule has 8 heteroatoms. The van der Waals surface area contributed by atoms with Gasteiger partial charge in [-0.25, -0.2) is 28.1 Å². The lowest BCUT2D eigenvalue weighted by molar-refractivity contribution is 0.581. The number of fused-ring (bicyclic) bond motifs is 1. The summed E-state index contributed by atoms with van der Waals surface area (Å²) in [5.74, 6) is 0.668. The van der Waals surface area contributed by atoms with Crippen LogP contribution < -0.4 is 4.72 Å². The van der Waals surface area contributed by atoms with Gasteiger partial charge in [-0.15, -0.1) is 0 Å². The zero-order valence-corrected chi connectivity index (χ0v) is 16.1. The fourth-order valence-corrected chi connectivity index (χ4v) is 3.97. The summed E-state index contributed by atoms with van der Waals surface area (Å²) in [5, 5.41) is 0. The van der Waals surface area contributed by atoms with Crippen LogP contribution in [0.15, 0.2) is 72.1 Å². The van der Waals surface area contributed by atoms with Crippen LogP contribution in [0.4, 0.5) is 0 Å². The molecule has 7 nitrogen and oxygen atoms in total. The predicted molar refractivity (Wildman–Crippen MR) is 106 cm³/mol. The Kier molecular flexibility index (Phi) is 4.89. The van der Waals surface area contributed by atoms with E-state index in [1.807, 2.05) is 41.1 Å². The van der Waals surface area contributed by atoms with Crippen LogP contribution in [-0.4, -0.2) is 34.3 Å². The molecule has 0 amide bonds. The van der Waals surface area contributed by atoms with Crippen LogP contribution in [0.3, 0.4) is 0 Å². The third-order valence-corrected chi connectivity index (χ3v) is 5.80. The number of sulfonamides is 1. The van der Waals surface area contributed by atoms with Crippen LogP contribution in [0.1, 0.15) is 11.5 Å². The molecular formula is C20H19N5O2S. The van der Waals surface area contributed by atoms with Gasteiger partial charge in [0.2, 0.25) is 10.0 Å². The minimum absolute atomic E-state index is 0.209. The van der Waals surface area contributed by atoms with Gasteiger partial charge in [0.05, 0.1) is 10.6 Å². The molecule has 4 aromatic rings. The van der Waals surface area contributed by atoms with Crippen molar-refractivity contribution in [3.63, 3.8) is 0 Å². The van der Waals surface area contributed by atoms with Gasteiger partial charge < -0.3 is 4.40 Å². The van der Waals surface area contributed by atoms with Crippen LogP contribution in [0.5, 0.6) is 0 Å². The lowest BCUT2D eigenvalue weighted by Crippen LogP contribution is -2.26. The summed E-state index contributed by atoms with van der Waals surface area (Å²) in [7, 11) is -3.62. The predicted octanol–water partition coefficient (Wildman–Crippen LogP) is 2.62. The van der Waals surface area contributed by atoms with E-state index < -0.39 is 10.0 Å². The molecule has 0 aliphatic heterocycles. The number of nitrogens with one attached hydrogen (secondary N) is 1. The van der Waals surface area contributed by atoms with Crippen molar-refractivity contribution in [2.45, 2.75) is 18.2 Å². The van der Waals surface area contributed by atoms with Crippen LogP contribution in [0, 0.1) is 6.92 Å². The molecule has 0 aliphatic carbocycles. The van der Waals surface area contributed by atoms with Gasteiger partial charge >= 0.3 is 0 Å². The van der Waals surface area contributed by atoms with E-state index in [2.05, 4.69) is 19.7 Å². The Morgan fingerprint density at radius 1 is 1.04 bits per heavy atom. The number of nitrogens with zero attached hydrogens (tertiary/aromatic N) is 4. The maximum Gasteiger partial charge on any atom is 0.240 e. The van der Waals surface area contributed by atoms with Gasteiger partial charge in [-0.05, 0) is 36.8 Å². The smallest absolute Gasteiger partial charge is 0.240 e. The molecule has 0 spiro atoms. The number of hydrogen-bond acceptors (Lipinski definition) is 5. The Labute approximate surface area is 163 Å². The first-order valence-electron chi connectivity index (χ1n) is 8.83. The fraction of sp³-hybridized carbons (Fsp3) is 0.150. The van der Waals surface area contributed by atoms with Crippen molar-refractivity contribution in [1.29, 1.82) is 0 Å². The topological polar surface area (TPSA) is 89.2 Å². The van der Waals surface area contributed by atoms with Crippen molar-refractivity contribution in [2.75, 3.05) is 6.54 Å². The first-order valence-corrected chi connectivity index (χ1v) is 10.3. The standard InChI is InChI=1S/C20H19N5O2S/c1-15-21-12-17(13-22-15)16-5-4-6-19(11-16)28(26,27)23-9-8-18-14-25-10-3-2-7-20(25)24-18/h2-7,10-14,23H,8-9H2,1H3. The van der Waals surface area contributed by atoms with Gasteiger partial charge in [0, 0.05) is 43.3 Å². The van der Waals surface area contributed by atoms with Gasteiger partial charge in [0.1, 0.15) is 11.5 Å². The molecule has 0 bridgehead atoms. The Morgan fingerprint density at radius 2 is 1.86 bits per heavy atom. The van der Waals surface area contributed by atoms with Crippen molar-refractivity contribution >= 4 is 15.7 Å². The lowest BCUT2D eigenvalue weighted by Gasteiger charge is -2.08. The average molecular weight is 393 g/mol. The third-order valence-electron chi connectivity index (χ3n) is 4.35. The minimum atomic E-state index is -3.62. The molecule has 0 saturated carbocycles. The normalized spacial score (nSPS) is 11.8. The first-order chi connectivity index (χ1) is 13.5. The maximum absolute atomic E-state index is 12.7. The molecule has 3 heterocycles. The largest absolute Gasteiger partial charge is 0.307 e. The third kappa shape index (κ3) is 3.92. The zero-order chi connectivity index (χ0) is 19.6. The van der Waals surface area contributed by atoms with Crippen molar-refractivity contribution in [1.82, 2.24) is 24.1 Å². The number of hydrogen-bond donors (Lipinski definition) is 1. The molecule has 0 unspecified atom stereocenters. The van der Waals surface area contributed by atoms with Crippen LogP contribution >= 0.6 is 0 Å². The molecule has 0 radical (unpaired) electrons. The molecular weight excluding hydrogens is 374 g/mol. The van der Waals surface area contributed by atoms with Gasteiger partial charge in [0.25, 0.3) is 0 Å². The number of benzene rings is 1. The molecule has 1 aromatic carbocycles. The summed E-state index contributed by atoms with van der Waals surface area (Å²) in [6, 6.07) is 12.5. The van der Waals surface area contributed by atoms with Crippen LogP contribution in [0.25, 0.3) is 16.8 Å². The molecule has 28 heavy (non-hydrogen) atoms. The molecule has 0 saturated heterocycles. The van der Waals surface area contributed by atoms with Crippen LogP contribution in [-0.2, 0) is 16.4 Å². The SMILES string of the molecule is Cc1ncc(-c2cccc(S(=O)(=O)NCCc3cn4ccccc4n3)c2)cn1. The monoisotopic (exact) mass is 393 g/mol. The maximum atomic E-state index is 12.7. The fourth-order valence-electron chi connectivity index (χ4n) is 2.89. The van der Waals surface area contributed by atoms with E-state index >= 15 is 0 Å². The number of aryl methyl sites for hydroxylation is 1. The molecule has 0 fully saturated rings. The van der Waals surface area contributed by atoms with Crippen molar-refractivity contribution in [3.8, 4) is 11.1 Å². The summed E-state index contributed by atoms with van der Waals surface area (Å²) in [6.07, 6.45) is 7.69. The zero-order valence-electron chi connectivity index (χ0n) is 15.3. The quantitative estimate of drug-likeness (QED) is 0.544. The van der Waals surface area contributed by atoms with E-state index in [1.54, 1.807) is 37.5 Å². The second kappa shape index (κ2) is 7.49. The Balaban J connectivity index is 1.47. The second-order valence-electron chi connectivity index (χ2n) is 6.39. The van der Waals surface area contributed by atoms with Crippen molar-refractivity contribution in [3.05, 3.63) is 78.8 Å². The highest BCUT2D eigenvalue weighted by molar-refractivity contribution is 7.89. The molecule has 4 rings (SSSR count). The molecule has 0 atom stereocenters. The summed E-state index contributed by atoms with van der Waals surface area (Å²) in [4.78, 5) is 13.0. The van der Waals surface area contributed by atoms with E-state index in [0.717, 1.165) is 22.5 Å². The summed E-state index contributed by atoms with van der Waals surface area (Å²) < 4.78 is 29.9. The summed E-state index contributed by atoms with van der Waals surface area (Å²) >= 11 is 0. The minimum Gasteiger partial charge on any atom is -0.307 e. The van der Waals surface area contributed by atoms with E-state index in [9.17, 15) is 8.42 Å². The number of rotatable bonds is 6. The van der Waals surface area contributed by atoms with Crippen molar-refractivity contribution < 1.29 is 8.42 Å². The first kappa shape index (κ1) is 18.3. The van der Waals surface area contributed by atoms with E-state index in [1.165, 1.54) is 0 Å². The number of imidazole rings is 1. The lowest BCUT2D eigenvalue weighted by atomic mass is 10.1. The Morgan fingerprint density at radius 3 is 2.64 bits per heavy atom. The Bertz CT molecular complexity index is 1180. The highest BCUT2D eigenvalue weighted by Crippen LogP contribution is 2.21. The molecule has 3 aromatic heterocycles. The molecule has 0 aliphatic rings. The Hall–Kier alpha value is -3.10. The number of pyridine rings is 1. The van der Waals surface area contributed by atoms with Gasteiger partial charge in [-0.3, -0.25) is 0 Å². The van der Waals surface area contributed by atoms with E-state index in [4.69, 9.17) is 0 Å². The average Bonchev–Trinajstić information content (AvgIpc) is 3.11. The molecule has 142 valence electrons. The van der Waals surface area contributed by atoms with Crippen molar-refractivity contribution in [2.24, 2.45) is 0 Å². The highest BCUT2D eigenvalue weighted by atomic mass is 32.2. The summed E-state index contributed by atoms with van der Waals surface area (Å²) in [5.41, 5.74) is 3.20. The van der Waals surface area contributed by atoms with Gasteiger partial charge in [0.15, 0.2) is 0 Å². The van der Waals surface area contributed by atoms with Crippen LogP contribution in [0.2, 0.25) is 0 Å². The van der Waals surface area contributed by atoms with E-state index in [-0.39, 0.29) is 11.4 Å². The van der Waals surface area contributed by atoms with Gasteiger partial charge in [-0.1, -0.05) is 18.2 Å². The highest BCUT2D eigenvalue weighted by Gasteiger charge is 2.15. The summed E-state index contributed by atoms with van der Waals surface area (Å²) in [6.45, 7) is 2.07. The second-order valence-corrected chi connectivity index (χ2v) is 8.16.